The highest BCUT2D eigenvalue weighted by Gasteiger charge is 2.41. The molecule has 0 saturated carbocycles. The summed E-state index contributed by atoms with van der Waals surface area (Å²) in [6.45, 7) is 16.3. The lowest BCUT2D eigenvalue weighted by molar-refractivity contribution is 0.241. The summed E-state index contributed by atoms with van der Waals surface area (Å²) in [6.07, 6.45) is 1.63. The maximum Gasteiger partial charge on any atom is 0.355 e. The first kappa shape index (κ1) is 33.4. The summed E-state index contributed by atoms with van der Waals surface area (Å²) in [5.41, 5.74) is 2.39. The van der Waals surface area contributed by atoms with Crippen molar-refractivity contribution < 1.29 is 42.4 Å². The molecule has 2 saturated heterocycles. The maximum atomic E-state index is 6.30. The Kier molecular flexibility index (Phi) is 12.2. The third-order valence-electron chi connectivity index (χ3n) is 6.45. The molecular weight excluding hydrogens is 661 g/mol. The second-order valence-electron chi connectivity index (χ2n) is 10.7. The molecule has 0 amide bonds. The molecule has 0 aromatic heterocycles. The largest absolute Gasteiger partial charge is 0.492 e. The molecule has 2 aromatic carbocycles. The number of benzene rings is 2. The lowest BCUT2D eigenvalue weighted by Crippen LogP contribution is -2.56. The van der Waals surface area contributed by atoms with Crippen molar-refractivity contribution >= 4 is 72.8 Å². The lowest BCUT2D eigenvalue weighted by Gasteiger charge is -2.36. The van der Waals surface area contributed by atoms with Gasteiger partial charge in [-0.25, -0.2) is 0 Å². The molecule has 0 aliphatic carbocycles. The Morgan fingerprint density at radius 2 is 0.780 bits per heavy atom. The minimum Gasteiger partial charge on any atom is -0.492 e. The van der Waals surface area contributed by atoms with Crippen LogP contribution in [0.3, 0.4) is 0 Å². The molecule has 0 bridgehead atoms. The predicted octanol–water partition coefficient (Wildman–Crippen LogP) is 2.52. The van der Waals surface area contributed by atoms with Crippen LogP contribution in [-0.2, 0) is 39.3 Å². The van der Waals surface area contributed by atoms with Crippen LogP contribution in [0, 0.1) is 0 Å². The summed E-state index contributed by atoms with van der Waals surface area (Å²) in [6, 6.07) is 16.4. The minimum absolute atomic E-state index is 0.409. The van der Waals surface area contributed by atoms with Gasteiger partial charge in [0.2, 0.25) is 0 Å². The van der Waals surface area contributed by atoms with E-state index in [9.17, 15) is 0 Å². The monoisotopic (exact) mass is 704 g/mol. The van der Waals surface area contributed by atoms with Crippen molar-refractivity contribution in [1.82, 2.24) is 0 Å². The second kappa shape index (κ2) is 15.0. The van der Waals surface area contributed by atoms with Gasteiger partial charge in [-0.05, 0) is 94.2 Å². The fourth-order valence-corrected chi connectivity index (χ4v) is 32.7. The second-order valence-corrected chi connectivity index (χ2v) is 30.8. The first-order chi connectivity index (χ1) is 19.4. The van der Waals surface area contributed by atoms with E-state index in [-0.39, 0.29) is 0 Å². The van der Waals surface area contributed by atoms with Crippen molar-refractivity contribution in [2.75, 3.05) is 12.5 Å². The molecule has 10 nitrogen and oxygen atoms in total. The summed E-state index contributed by atoms with van der Waals surface area (Å²) in [5, 5.41) is 0. The third-order valence-corrected chi connectivity index (χ3v) is 33.3. The first-order valence-electron chi connectivity index (χ1n) is 14.2. The van der Waals surface area contributed by atoms with Gasteiger partial charge < -0.3 is 42.4 Å². The topological polar surface area (TPSA) is 92.3 Å². The number of rotatable bonds is 8. The van der Waals surface area contributed by atoms with Gasteiger partial charge in [-0.15, -0.1) is 0 Å². The van der Waals surface area contributed by atoms with Crippen LogP contribution in [0.1, 0.15) is 11.1 Å². The fourth-order valence-electron chi connectivity index (χ4n) is 4.92. The first-order valence-corrected chi connectivity index (χ1v) is 31.8. The molecule has 0 N–H and O–H groups in total. The van der Waals surface area contributed by atoms with E-state index in [0.29, 0.717) is 12.5 Å². The third kappa shape index (κ3) is 10.8. The highest BCUT2D eigenvalue weighted by atomic mass is 28.5. The number of hydrogen-bond donors (Lipinski definition) is 0. The van der Waals surface area contributed by atoms with Gasteiger partial charge in [0.25, 0.3) is 55.7 Å². The normalized spacial score (nSPS) is 35.0. The van der Waals surface area contributed by atoms with Crippen LogP contribution >= 0.6 is 0 Å². The van der Waals surface area contributed by atoms with Crippen molar-refractivity contribution in [2.45, 2.75) is 58.8 Å². The average Bonchev–Trinajstić information content (AvgIpc) is 2.85. The van der Waals surface area contributed by atoms with Crippen LogP contribution in [0.2, 0.25) is 52.4 Å². The summed E-state index contributed by atoms with van der Waals surface area (Å²) >= 11 is 0. The van der Waals surface area contributed by atoms with E-state index in [2.05, 4.69) is 24.3 Å². The van der Waals surface area contributed by atoms with E-state index < -0.39 is 72.8 Å². The Balaban J connectivity index is 1.27. The number of hydrogen-bond acceptors (Lipinski definition) is 10. The molecule has 2 aliphatic rings. The SMILES string of the molecule is C[SiH]1O[SiH](C)O[Si](C)(COc2ccc(Cc3ccc(OC[Si]4(C)O[SiH](C)O[SiH](C)O[SiH](C)O4)cc3)cc2)O[SiH](C)O1. The Hall–Kier alpha value is -0.545. The van der Waals surface area contributed by atoms with Gasteiger partial charge in [-0.3, -0.25) is 0 Å². The van der Waals surface area contributed by atoms with E-state index >= 15 is 0 Å². The maximum absolute atomic E-state index is 6.30. The summed E-state index contributed by atoms with van der Waals surface area (Å²) in [5.74, 6) is 1.60. The van der Waals surface area contributed by atoms with Crippen molar-refractivity contribution in [3.8, 4) is 11.5 Å². The molecule has 4 unspecified atom stereocenters. The molecule has 41 heavy (non-hydrogen) atoms. The van der Waals surface area contributed by atoms with Crippen molar-refractivity contribution in [3.05, 3.63) is 59.7 Å². The average molecular weight is 705 g/mol. The van der Waals surface area contributed by atoms with Gasteiger partial charge in [0.15, 0.2) is 0 Å². The van der Waals surface area contributed by atoms with E-state index in [4.69, 9.17) is 42.4 Å². The Bertz CT molecular complexity index is 987. The van der Waals surface area contributed by atoms with Gasteiger partial charge in [0.1, 0.15) is 24.0 Å². The molecule has 18 heteroatoms. The van der Waals surface area contributed by atoms with Crippen LogP contribution < -0.4 is 9.47 Å². The zero-order valence-corrected chi connectivity index (χ0v) is 34.2. The minimum atomic E-state index is -2.53. The molecule has 2 aliphatic heterocycles. The molecule has 2 aromatic rings. The smallest absolute Gasteiger partial charge is 0.355 e. The molecule has 0 radical (unpaired) electrons. The predicted molar refractivity (Wildman–Crippen MR) is 177 cm³/mol. The van der Waals surface area contributed by atoms with Crippen molar-refractivity contribution in [2.24, 2.45) is 0 Å². The summed E-state index contributed by atoms with van der Waals surface area (Å²) in [7, 11) is -15.5. The van der Waals surface area contributed by atoms with E-state index in [1.807, 2.05) is 76.6 Å². The van der Waals surface area contributed by atoms with E-state index in [1.54, 1.807) is 0 Å². The molecular formula is C23H44O10Si8. The van der Waals surface area contributed by atoms with Gasteiger partial charge in [-0.1, -0.05) is 24.3 Å². The van der Waals surface area contributed by atoms with Crippen LogP contribution in [-0.4, -0.2) is 85.3 Å². The van der Waals surface area contributed by atoms with Gasteiger partial charge in [0, 0.05) is 0 Å². The Morgan fingerprint density at radius 1 is 0.488 bits per heavy atom. The summed E-state index contributed by atoms with van der Waals surface area (Å²) < 4.78 is 61.5. The van der Waals surface area contributed by atoms with Gasteiger partial charge >= 0.3 is 17.1 Å². The molecule has 228 valence electrons. The van der Waals surface area contributed by atoms with Crippen LogP contribution in [0.5, 0.6) is 11.5 Å². The van der Waals surface area contributed by atoms with Crippen molar-refractivity contribution in [1.29, 1.82) is 0 Å². The molecule has 2 fully saturated rings. The Labute approximate surface area is 256 Å². The quantitative estimate of drug-likeness (QED) is 0.382. The summed E-state index contributed by atoms with van der Waals surface area (Å²) in [4.78, 5) is 0. The van der Waals surface area contributed by atoms with Gasteiger partial charge in [-0.2, -0.15) is 0 Å². The van der Waals surface area contributed by atoms with Gasteiger partial charge in [0.05, 0.1) is 0 Å². The zero-order chi connectivity index (χ0) is 29.6. The van der Waals surface area contributed by atoms with E-state index in [1.165, 1.54) is 11.1 Å². The standard InChI is InChI=1S/C23H44O10Si8/c1-34-26-36(3)30-40(7,31-37(4)27-34)18-24-22-13-9-20(10-14-22)17-21-11-15-23(16-12-21)25-19-41(8)32-38(5)28-35(2)29-39(6)33-41/h9-16,34-39H,17-19H2,1-8H3. The van der Waals surface area contributed by atoms with Crippen LogP contribution in [0.25, 0.3) is 0 Å². The molecule has 0 spiro atoms. The molecule has 4 rings (SSSR count). The van der Waals surface area contributed by atoms with Crippen LogP contribution in [0.15, 0.2) is 48.5 Å². The lowest BCUT2D eigenvalue weighted by atomic mass is 10.0. The highest BCUT2D eigenvalue weighted by molar-refractivity contribution is 6.82. The van der Waals surface area contributed by atoms with Crippen LogP contribution in [0.4, 0.5) is 0 Å². The van der Waals surface area contributed by atoms with Crippen molar-refractivity contribution in [3.63, 3.8) is 0 Å². The molecule has 4 atom stereocenters. The zero-order valence-electron chi connectivity index (χ0n) is 25.3. The highest BCUT2D eigenvalue weighted by Crippen LogP contribution is 2.23. The van der Waals surface area contributed by atoms with E-state index in [0.717, 1.165) is 17.9 Å². The fraction of sp³-hybridized carbons (Fsp3) is 0.478. The number of ether oxygens (including phenoxy) is 2. The molecule has 2 heterocycles. The Morgan fingerprint density at radius 3 is 1.07 bits per heavy atom.